The van der Waals surface area contributed by atoms with Gasteiger partial charge in [-0.2, -0.15) is 0 Å². The van der Waals surface area contributed by atoms with E-state index in [1.54, 1.807) is 35.3 Å². The van der Waals surface area contributed by atoms with E-state index in [1.165, 1.54) is 0 Å². The lowest BCUT2D eigenvalue weighted by Crippen LogP contribution is -2.42. The molecule has 1 fully saturated rings. The number of aromatic nitrogens is 4. The van der Waals surface area contributed by atoms with Crippen LogP contribution >= 0.6 is 0 Å². The van der Waals surface area contributed by atoms with Crippen LogP contribution in [0.1, 0.15) is 60.3 Å². The van der Waals surface area contributed by atoms with Gasteiger partial charge in [0.1, 0.15) is 11.5 Å². The van der Waals surface area contributed by atoms with E-state index < -0.39 is 15.3 Å². The number of carbonyl (C=O) groups is 1. The van der Waals surface area contributed by atoms with Gasteiger partial charge in [0, 0.05) is 38.3 Å². The molecule has 1 amide bonds. The summed E-state index contributed by atoms with van der Waals surface area (Å²) in [5.41, 5.74) is 1.45. The minimum Gasteiger partial charge on any atom is -0.328 e. The zero-order chi connectivity index (χ0) is 21.5. The summed E-state index contributed by atoms with van der Waals surface area (Å²) in [7, 11) is -3.22. The van der Waals surface area contributed by atoms with Gasteiger partial charge in [0.05, 0.1) is 11.8 Å². The molecule has 4 heterocycles. The molecule has 10 heteroatoms. The van der Waals surface area contributed by atoms with Crippen LogP contribution < -0.4 is 0 Å². The molecule has 0 saturated carbocycles. The molecule has 0 radical (unpaired) electrons. The number of carbonyl (C=O) groups excluding carboxylic acids is 1. The Labute approximate surface area is 177 Å². The number of hydrogen-bond acceptors (Lipinski definition) is 6. The Bertz CT molecular complexity index is 1020. The van der Waals surface area contributed by atoms with E-state index in [1.807, 2.05) is 13.0 Å². The van der Waals surface area contributed by atoms with E-state index in [0.717, 1.165) is 30.1 Å². The molecule has 0 unspecified atom stereocenters. The Morgan fingerprint density at radius 3 is 2.47 bits per heavy atom. The number of hydrogen-bond donors (Lipinski definition) is 0. The van der Waals surface area contributed by atoms with Crippen LogP contribution in [0.5, 0.6) is 0 Å². The molecular formula is C20H28N6O3S. The van der Waals surface area contributed by atoms with Gasteiger partial charge in [-0.1, -0.05) is 6.07 Å². The van der Waals surface area contributed by atoms with Gasteiger partial charge in [-0.15, -0.1) is 10.2 Å². The van der Waals surface area contributed by atoms with Crippen LogP contribution in [0, 0.1) is 6.92 Å². The van der Waals surface area contributed by atoms with Crippen LogP contribution in [0.3, 0.4) is 0 Å². The second-order valence-corrected chi connectivity index (χ2v) is 10.8. The van der Waals surface area contributed by atoms with E-state index in [9.17, 15) is 13.2 Å². The summed E-state index contributed by atoms with van der Waals surface area (Å²) in [6.45, 7) is 8.02. The molecule has 0 spiro atoms. The van der Waals surface area contributed by atoms with Crippen molar-refractivity contribution in [1.29, 1.82) is 0 Å². The third-order valence-electron chi connectivity index (χ3n) is 5.97. The quantitative estimate of drug-likeness (QED) is 0.727. The SMILES string of the molecule is Cc1ccc(C(=O)N2CCn3c(nnc3C3CCN(S(=O)(=O)C(C)C)CC3)C2)nc1. The van der Waals surface area contributed by atoms with Crippen molar-refractivity contribution >= 4 is 15.9 Å². The summed E-state index contributed by atoms with van der Waals surface area (Å²) in [4.78, 5) is 18.8. The molecule has 2 aliphatic rings. The van der Waals surface area contributed by atoms with Crippen molar-refractivity contribution in [3.63, 3.8) is 0 Å². The monoisotopic (exact) mass is 432 g/mol. The largest absolute Gasteiger partial charge is 0.328 e. The standard InChI is InChI=1S/C20H28N6O3S/c1-14(2)30(28,29)25-8-6-16(7-9-25)19-23-22-18-13-24(10-11-26(18)19)20(27)17-5-4-15(3)12-21-17/h4-5,12,14,16H,6-11,13H2,1-3H3. The highest BCUT2D eigenvalue weighted by Crippen LogP contribution is 2.30. The summed E-state index contributed by atoms with van der Waals surface area (Å²) in [6.07, 6.45) is 3.17. The zero-order valence-corrected chi connectivity index (χ0v) is 18.5. The zero-order valence-electron chi connectivity index (χ0n) is 17.7. The van der Waals surface area contributed by atoms with Gasteiger partial charge in [0.2, 0.25) is 10.0 Å². The van der Waals surface area contributed by atoms with E-state index >= 15 is 0 Å². The molecule has 0 bridgehead atoms. The molecule has 2 aromatic heterocycles. The number of fused-ring (bicyclic) bond motifs is 1. The first-order valence-corrected chi connectivity index (χ1v) is 11.9. The Morgan fingerprint density at radius 1 is 1.10 bits per heavy atom. The van der Waals surface area contributed by atoms with E-state index in [-0.39, 0.29) is 11.8 Å². The molecule has 2 aliphatic heterocycles. The Balaban J connectivity index is 1.43. The number of nitrogens with zero attached hydrogens (tertiary/aromatic N) is 6. The highest BCUT2D eigenvalue weighted by atomic mass is 32.2. The first-order valence-electron chi connectivity index (χ1n) is 10.4. The fourth-order valence-electron chi connectivity index (χ4n) is 4.08. The maximum absolute atomic E-state index is 12.8. The molecule has 0 aromatic carbocycles. The van der Waals surface area contributed by atoms with Crippen molar-refractivity contribution in [2.45, 2.75) is 57.9 Å². The highest BCUT2D eigenvalue weighted by Gasteiger charge is 2.34. The van der Waals surface area contributed by atoms with Crippen LogP contribution in [0.15, 0.2) is 18.3 Å². The predicted molar refractivity (Wildman–Crippen MR) is 111 cm³/mol. The maximum Gasteiger partial charge on any atom is 0.272 e. The molecule has 1 saturated heterocycles. The van der Waals surface area contributed by atoms with Crippen molar-refractivity contribution in [1.82, 2.24) is 29.0 Å². The van der Waals surface area contributed by atoms with Crippen LogP contribution in [0.4, 0.5) is 0 Å². The van der Waals surface area contributed by atoms with Gasteiger partial charge in [0.25, 0.3) is 5.91 Å². The Morgan fingerprint density at radius 2 is 1.83 bits per heavy atom. The fraction of sp³-hybridized carbons (Fsp3) is 0.600. The molecule has 0 atom stereocenters. The number of piperidine rings is 1. The lowest BCUT2D eigenvalue weighted by Gasteiger charge is -2.33. The summed E-state index contributed by atoms with van der Waals surface area (Å²) >= 11 is 0. The summed E-state index contributed by atoms with van der Waals surface area (Å²) in [5.74, 6) is 1.77. The van der Waals surface area contributed by atoms with Crippen molar-refractivity contribution < 1.29 is 13.2 Å². The highest BCUT2D eigenvalue weighted by molar-refractivity contribution is 7.89. The van der Waals surface area contributed by atoms with E-state index in [4.69, 9.17) is 0 Å². The predicted octanol–water partition coefficient (Wildman–Crippen LogP) is 1.56. The normalized spacial score (nSPS) is 18.6. The van der Waals surface area contributed by atoms with Gasteiger partial charge in [-0.25, -0.2) is 12.7 Å². The molecule has 4 rings (SSSR count). The number of aryl methyl sites for hydroxylation is 1. The molecule has 0 aliphatic carbocycles. The summed E-state index contributed by atoms with van der Waals surface area (Å²) in [5, 5.41) is 8.35. The molecule has 162 valence electrons. The van der Waals surface area contributed by atoms with Crippen LogP contribution in [-0.4, -0.2) is 68.2 Å². The van der Waals surface area contributed by atoms with Crippen molar-refractivity contribution in [2.24, 2.45) is 0 Å². The average molecular weight is 433 g/mol. The molecule has 2 aromatic rings. The number of pyridine rings is 1. The van der Waals surface area contributed by atoms with E-state index in [2.05, 4.69) is 19.7 Å². The van der Waals surface area contributed by atoms with E-state index in [0.29, 0.717) is 38.4 Å². The maximum atomic E-state index is 12.8. The fourth-order valence-corrected chi connectivity index (χ4v) is 5.39. The van der Waals surface area contributed by atoms with Gasteiger partial charge in [-0.3, -0.25) is 9.78 Å². The van der Waals surface area contributed by atoms with Crippen molar-refractivity contribution in [3.05, 3.63) is 41.2 Å². The van der Waals surface area contributed by atoms with Crippen LogP contribution in [-0.2, 0) is 23.1 Å². The second-order valence-electron chi connectivity index (χ2n) is 8.34. The average Bonchev–Trinajstić information content (AvgIpc) is 3.17. The number of rotatable bonds is 4. The smallest absolute Gasteiger partial charge is 0.272 e. The van der Waals surface area contributed by atoms with Gasteiger partial charge < -0.3 is 9.47 Å². The number of sulfonamides is 1. The molecule has 9 nitrogen and oxygen atoms in total. The molecular weight excluding hydrogens is 404 g/mol. The molecule has 30 heavy (non-hydrogen) atoms. The van der Waals surface area contributed by atoms with Crippen LogP contribution in [0.2, 0.25) is 0 Å². The van der Waals surface area contributed by atoms with Gasteiger partial charge >= 0.3 is 0 Å². The Hall–Kier alpha value is -2.33. The lowest BCUT2D eigenvalue weighted by molar-refractivity contribution is 0.0699. The minimum absolute atomic E-state index is 0.0991. The van der Waals surface area contributed by atoms with Gasteiger partial charge in [0.15, 0.2) is 5.82 Å². The topological polar surface area (TPSA) is 101 Å². The van der Waals surface area contributed by atoms with Gasteiger partial charge in [-0.05, 0) is 45.2 Å². The first-order chi connectivity index (χ1) is 14.3. The Kier molecular flexibility index (Phi) is 5.63. The molecule has 0 N–H and O–H groups in total. The number of amides is 1. The summed E-state index contributed by atoms with van der Waals surface area (Å²) < 4.78 is 28.5. The second kappa shape index (κ2) is 8.07. The first kappa shape index (κ1) is 20.9. The minimum atomic E-state index is -3.22. The summed E-state index contributed by atoms with van der Waals surface area (Å²) in [6, 6.07) is 3.64. The third-order valence-corrected chi connectivity index (χ3v) is 8.25. The lowest BCUT2D eigenvalue weighted by atomic mass is 9.97. The third kappa shape index (κ3) is 3.85. The van der Waals surface area contributed by atoms with Crippen molar-refractivity contribution in [2.75, 3.05) is 19.6 Å². The van der Waals surface area contributed by atoms with Crippen molar-refractivity contribution in [3.8, 4) is 0 Å². The van der Waals surface area contributed by atoms with Crippen LogP contribution in [0.25, 0.3) is 0 Å².